The molecule has 0 atom stereocenters. The number of phenolic OH excluding ortho intramolecular Hbond substituents is 1. The lowest BCUT2D eigenvalue weighted by atomic mass is 10.1. The van der Waals surface area contributed by atoms with Crippen molar-refractivity contribution >= 4 is 23.1 Å². The molecule has 0 aromatic heterocycles. The van der Waals surface area contributed by atoms with E-state index >= 15 is 0 Å². The fourth-order valence-electron chi connectivity index (χ4n) is 1.58. The number of hydrogen-bond acceptors (Lipinski definition) is 4. The van der Waals surface area contributed by atoms with Gasteiger partial charge in [-0.15, -0.1) is 0 Å². The maximum absolute atomic E-state index is 10.8. The van der Waals surface area contributed by atoms with Gasteiger partial charge in [0.1, 0.15) is 5.75 Å². The fourth-order valence-corrected chi connectivity index (χ4v) is 1.58. The number of nitrogens with zero attached hydrogens (tertiary/aromatic N) is 1. The number of carbonyl (C=O) groups excluding carboxylic acids is 1. The van der Waals surface area contributed by atoms with E-state index in [1.807, 2.05) is 30.3 Å². The molecule has 5 heteroatoms. The lowest BCUT2D eigenvalue weighted by Gasteiger charge is -2.03. The number of ether oxygens (including phenoxy) is 1. The van der Waals surface area contributed by atoms with Crippen molar-refractivity contribution in [2.24, 2.45) is 5.10 Å². The van der Waals surface area contributed by atoms with Crippen LogP contribution in [0.1, 0.15) is 5.56 Å². The minimum Gasteiger partial charge on any atom is -0.507 e. The summed E-state index contributed by atoms with van der Waals surface area (Å²) in [6, 6.07) is 11.1. The Morgan fingerprint density at radius 2 is 2.11 bits per heavy atom. The van der Waals surface area contributed by atoms with Gasteiger partial charge in [-0.3, -0.25) is 0 Å². The molecule has 18 heavy (non-hydrogen) atoms. The first-order valence-electron chi connectivity index (χ1n) is 5.30. The van der Waals surface area contributed by atoms with Crippen molar-refractivity contribution in [3.63, 3.8) is 0 Å². The van der Waals surface area contributed by atoms with E-state index in [0.717, 1.165) is 10.8 Å². The van der Waals surface area contributed by atoms with E-state index in [9.17, 15) is 9.90 Å². The largest absolute Gasteiger partial charge is 0.507 e. The van der Waals surface area contributed by atoms with Crippen LogP contribution >= 0.6 is 0 Å². The van der Waals surface area contributed by atoms with Gasteiger partial charge >= 0.3 is 6.09 Å². The second kappa shape index (κ2) is 5.18. The Labute approximate surface area is 104 Å². The molecule has 92 valence electrons. The van der Waals surface area contributed by atoms with Gasteiger partial charge in [0.15, 0.2) is 0 Å². The second-order valence-corrected chi connectivity index (χ2v) is 3.59. The van der Waals surface area contributed by atoms with E-state index in [0.29, 0.717) is 5.56 Å². The maximum Gasteiger partial charge on any atom is 0.427 e. The summed E-state index contributed by atoms with van der Waals surface area (Å²) in [5, 5.41) is 15.4. The van der Waals surface area contributed by atoms with Crippen molar-refractivity contribution in [2.45, 2.75) is 0 Å². The van der Waals surface area contributed by atoms with Crippen LogP contribution in [0.2, 0.25) is 0 Å². The van der Waals surface area contributed by atoms with E-state index in [1.165, 1.54) is 13.3 Å². The molecule has 5 nitrogen and oxygen atoms in total. The summed E-state index contributed by atoms with van der Waals surface area (Å²) in [5.41, 5.74) is 2.67. The van der Waals surface area contributed by atoms with Gasteiger partial charge in [-0.05, 0) is 11.5 Å². The molecule has 0 aliphatic carbocycles. The van der Waals surface area contributed by atoms with Gasteiger partial charge in [0.25, 0.3) is 0 Å². The Kier molecular flexibility index (Phi) is 3.43. The zero-order chi connectivity index (χ0) is 13.0. The first-order valence-corrected chi connectivity index (χ1v) is 5.30. The number of fused-ring (bicyclic) bond motifs is 1. The number of aromatic hydroxyl groups is 1. The molecule has 0 saturated carbocycles. The second-order valence-electron chi connectivity index (χ2n) is 3.59. The first kappa shape index (κ1) is 11.9. The van der Waals surface area contributed by atoms with Crippen molar-refractivity contribution in [1.29, 1.82) is 0 Å². The molecule has 0 fully saturated rings. The maximum atomic E-state index is 10.8. The molecular formula is C13H12N2O3. The van der Waals surface area contributed by atoms with Crippen molar-refractivity contribution in [1.82, 2.24) is 5.43 Å². The normalized spacial score (nSPS) is 10.7. The van der Waals surface area contributed by atoms with Crippen LogP contribution in [-0.4, -0.2) is 24.5 Å². The molecule has 1 amide bonds. The average molecular weight is 244 g/mol. The number of phenols is 1. The molecule has 0 aliphatic rings. The number of carbonyl (C=O) groups is 1. The average Bonchev–Trinajstić information content (AvgIpc) is 2.41. The Morgan fingerprint density at radius 1 is 1.33 bits per heavy atom. The summed E-state index contributed by atoms with van der Waals surface area (Å²) in [4.78, 5) is 10.8. The number of hydrazone groups is 1. The number of methoxy groups -OCH3 is 1. The summed E-state index contributed by atoms with van der Waals surface area (Å²) in [7, 11) is 1.25. The van der Waals surface area contributed by atoms with Crippen LogP contribution in [0.3, 0.4) is 0 Å². The van der Waals surface area contributed by atoms with Crippen LogP contribution in [-0.2, 0) is 4.74 Å². The van der Waals surface area contributed by atoms with Gasteiger partial charge in [0.2, 0.25) is 0 Å². The monoisotopic (exact) mass is 244 g/mol. The number of nitrogens with one attached hydrogen (secondary N) is 1. The number of hydrogen-bond donors (Lipinski definition) is 2. The van der Waals surface area contributed by atoms with Crippen molar-refractivity contribution < 1.29 is 14.6 Å². The summed E-state index contributed by atoms with van der Waals surface area (Å²) < 4.78 is 4.36. The van der Waals surface area contributed by atoms with Crippen LogP contribution in [0.15, 0.2) is 41.5 Å². The van der Waals surface area contributed by atoms with E-state index in [1.54, 1.807) is 6.07 Å². The van der Waals surface area contributed by atoms with Gasteiger partial charge in [0, 0.05) is 10.9 Å². The number of amides is 1. The van der Waals surface area contributed by atoms with E-state index in [4.69, 9.17) is 0 Å². The summed E-state index contributed by atoms with van der Waals surface area (Å²) in [6.07, 6.45) is 0.699. The Bertz CT molecular complexity index is 608. The number of rotatable bonds is 2. The quantitative estimate of drug-likeness (QED) is 0.628. The molecule has 0 bridgehead atoms. The minimum absolute atomic E-state index is 0.128. The summed E-state index contributed by atoms with van der Waals surface area (Å²) >= 11 is 0. The zero-order valence-corrected chi connectivity index (χ0v) is 9.75. The van der Waals surface area contributed by atoms with Crippen molar-refractivity contribution in [3.8, 4) is 5.75 Å². The molecule has 2 N–H and O–H groups in total. The van der Waals surface area contributed by atoms with Crippen LogP contribution in [0.5, 0.6) is 5.75 Å². The standard InChI is InChI=1S/C13H12N2O3/c1-18-13(17)15-14-8-10-7-6-9-4-2-3-5-11(9)12(10)16/h2-8,16H,1H3,(H,15,17)/b14-8-. The van der Waals surface area contributed by atoms with Crippen LogP contribution in [0.4, 0.5) is 4.79 Å². The van der Waals surface area contributed by atoms with Crippen molar-refractivity contribution in [2.75, 3.05) is 7.11 Å². The molecule has 0 radical (unpaired) electrons. The molecule has 0 saturated heterocycles. The highest BCUT2D eigenvalue weighted by atomic mass is 16.5. The van der Waals surface area contributed by atoms with Gasteiger partial charge in [-0.25, -0.2) is 10.2 Å². The first-order chi connectivity index (χ1) is 8.72. The highest BCUT2D eigenvalue weighted by molar-refractivity contribution is 5.97. The van der Waals surface area contributed by atoms with Crippen molar-refractivity contribution in [3.05, 3.63) is 42.0 Å². The molecule has 0 aliphatic heterocycles. The molecule has 0 spiro atoms. The topological polar surface area (TPSA) is 70.9 Å². The van der Waals surface area contributed by atoms with Crippen LogP contribution in [0, 0.1) is 0 Å². The lowest BCUT2D eigenvalue weighted by molar-refractivity contribution is 0.171. The summed E-state index contributed by atoms with van der Waals surface area (Å²) in [5.74, 6) is 0.128. The smallest absolute Gasteiger partial charge is 0.427 e. The van der Waals surface area contributed by atoms with Crippen LogP contribution < -0.4 is 5.43 Å². The third-order valence-electron chi connectivity index (χ3n) is 2.48. The zero-order valence-electron chi connectivity index (χ0n) is 9.75. The van der Waals surface area contributed by atoms with Gasteiger partial charge in [0.05, 0.1) is 13.3 Å². The molecule has 0 unspecified atom stereocenters. The summed E-state index contributed by atoms with van der Waals surface area (Å²) in [6.45, 7) is 0. The van der Waals surface area contributed by atoms with Crippen LogP contribution in [0.25, 0.3) is 10.8 Å². The predicted octanol–water partition coefficient (Wildman–Crippen LogP) is 2.24. The van der Waals surface area contributed by atoms with Gasteiger partial charge in [-0.1, -0.05) is 30.3 Å². The van der Waals surface area contributed by atoms with E-state index in [-0.39, 0.29) is 5.75 Å². The lowest BCUT2D eigenvalue weighted by Crippen LogP contribution is -2.16. The highest BCUT2D eigenvalue weighted by Crippen LogP contribution is 2.27. The third kappa shape index (κ3) is 2.40. The van der Waals surface area contributed by atoms with Gasteiger partial charge < -0.3 is 9.84 Å². The molecule has 2 rings (SSSR count). The molecule has 2 aromatic rings. The van der Waals surface area contributed by atoms with E-state index < -0.39 is 6.09 Å². The molecular weight excluding hydrogens is 232 g/mol. The highest BCUT2D eigenvalue weighted by Gasteiger charge is 2.03. The SMILES string of the molecule is COC(=O)N/N=C\c1ccc2ccccc2c1O. The molecule has 0 heterocycles. The Morgan fingerprint density at radius 3 is 2.89 bits per heavy atom. The number of benzene rings is 2. The van der Waals surface area contributed by atoms with E-state index in [2.05, 4.69) is 15.3 Å². The molecule has 2 aromatic carbocycles. The fraction of sp³-hybridized carbons (Fsp3) is 0.0769. The predicted molar refractivity (Wildman–Crippen MR) is 68.7 cm³/mol. The Hall–Kier alpha value is -2.56. The minimum atomic E-state index is -0.661. The third-order valence-corrected chi connectivity index (χ3v) is 2.48. The van der Waals surface area contributed by atoms with Gasteiger partial charge in [-0.2, -0.15) is 5.10 Å². The Balaban J connectivity index is 2.29.